The van der Waals surface area contributed by atoms with E-state index in [0.717, 1.165) is 5.76 Å². The molecule has 0 amide bonds. The molecule has 1 heterocycles. The standard InChI is InChI=1S/C10H16O2S3/c1-7-5-6-8(12-7)9(11)10(13-2,14-3)15-4/h5-6,9,11H,1-4H3. The van der Waals surface area contributed by atoms with E-state index in [1.807, 2.05) is 37.8 Å². The lowest BCUT2D eigenvalue weighted by atomic mass is 10.3. The fraction of sp³-hybridized carbons (Fsp3) is 0.600. The molecule has 0 bridgehead atoms. The van der Waals surface area contributed by atoms with E-state index in [2.05, 4.69) is 0 Å². The third kappa shape index (κ3) is 2.70. The Bertz CT molecular complexity index is 299. The highest BCUT2D eigenvalue weighted by Crippen LogP contribution is 2.51. The van der Waals surface area contributed by atoms with E-state index in [4.69, 9.17) is 4.42 Å². The molecule has 0 aromatic carbocycles. The number of hydrogen-bond acceptors (Lipinski definition) is 5. The first-order chi connectivity index (χ1) is 7.09. The van der Waals surface area contributed by atoms with Crippen LogP contribution in [0.25, 0.3) is 0 Å². The van der Waals surface area contributed by atoms with E-state index in [1.165, 1.54) is 0 Å². The van der Waals surface area contributed by atoms with Crippen molar-refractivity contribution in [2.24, 2.45) is 0 Å². The van der Waals surface area contributed by atoms with E-state index < -0.39 is 6.10 Å². The number of aliphatic hydroxyl groups excluding tert-OH is 1. The molecule has 0 fully saturated rings. The summed E-state index contributed by atoms with van der Waals surface area (Å²) < 4.78 is 5.18. The van der Waals surface area contributed by atoms with Crippen molar-refractivity contribution in [2.45, 2.75) is 16.4 Å². The van der Waals surface area contributed by atoms with Crippen molar-refractivity contribution in [3.8, 4) is 0 Å². The second-order valence-electron chi connectivity index (χ2n) is 3.07. The van der Waals surface area contributed by atoms with E-state index in [9.17, 15) is 5.11 Å². The Morgan fingerprint density at radius 3 is 2.07 bits per heavy atom. The van der Waals surface area contributed by atoms with Crippen LogP contribution < -0.4 is 0 Å². The Hall–Kier alpha value is 0.290. The van der Waals surface area contributed by atoms with Crippen LogP contribution in [0.4, 0.5) is 0 Å². The van der Waals surface area contributed by atoms with Gasteiger partial charge in [0.05, 0.1) is 0 Å². The summed E-state index contributed by atoms with van der Waals surface area (Å²) in [6.07, 6.45) is 5.43. The molecule has 0 spiro atoms. The van der Waals surface area contributed by atoms with Crippen LogP contribution in [-0.4, -0.2) is 27.3 Å². The minimum Gasteiger partial charge on any atom is -0.463 e. The summed E-state index contributed by atoms with van der Waals surface area (Å²) >= 11 is 4.94. The van der Waals surface area contributed by atoms with Gasteiger partial charge in [-0.05, 0) is 37.8 Å². The third-order valence-electron chi connectivity index (χ3n) is 2.22. The normalized spacial score (nSPS) is 14.2. The maximum Gasteiger partial charge on any atom is 0.145 e. The molecule has 1 aromatic heterocycles. The van der Waals surface area contributed by atoms with Crippen LogP contribution in [0.5, 0.6) is 0 Å². The second kappa shape index (κ2) is 5.57. The van der Waals surface area contributed by atoms with Crippen molar-refractivity contribution < 1.29 is 9.52 Å². The van der Waals surface area contributed by atoms with Gasteiger partial charge in [0.15, 0.2) is 0 Å². The third-order valence-corrected chi connectivity index (χ3v) is 7.60. The van der Waals surface area contributed by atoms with Crippen LogP contribution in [0.3, 0.4) is 0 Å². The maximum atomic E-state index is 10.3. The number of hydrogen-bond donors (Lipinski definition) is 1. The number of aryl methyl sites for hydroxylation is 1. The van der Waals surface area contributed by atoms with Crippen LogP contribution in [0.1, 0.15) is 17.6 Å². The molecule has 1 N–H and O–H groups in total. The minimum absolute atomic E-state index is 0.287. The molecule has 0 aliphatic rings. The zero-order valence-electron chi connectivity index (χ0n) is 9.31. The van der Waals surface area contributed by atoms with Crippen LogP contribution in [0, 0.1) is 6.92 Å². The molecule has 1 aromatic rings. The SMILES string of the molecule is CSC(SC)(SC)C(O)c1ccc(C)o1. The molecule has 5 heteroatoms. The molecular formula is C10H16O2S3. The molecule has 0 aliphatic carbocycles. The molecule has 86 valence electrons. The highest BCUT2D eigenvalue weighted by atomic mass is 32.3. The molecule has 0 saturated heterocycles. The lowest BCUT2D eigenvalue weighted by molar-refractivity contribution is 0.158. The fourth-order valence-electron chi connectivity index (χ4n) is 1.36. The zero-order chi connectivity index (χ0) is 11.5. The van der Waals surface area contributed by atoms with Gasteiger partial charge >= 0.3 is 0 Å². The summed E-state index contributed by atoms with van der Waals surface area (Å²) in [6, 6.07) is 3.72. The molecule has 1 atom stereocenters. The average molecular weight is 264 g/mol. The Morgan fingerprint density at radius 2 is 1.73 bits per heavy atom. The largest absolute Gasteiger partial charge is 0.463 e. The molecule has 0 radical (unpaired) electrons. The van der Waals surface area contributed by atoms with Gasteiger partial charge in [0.2, 0.25) is 0 Å². The van der Waals surface area contributed by atoms with E-state index >= 15 is 0 Å². The van der Waals surface area contributed by atoms with Crippen molar-refractivity contribution in [2.75, 3.05) is 18.8 Å². The summed E-state index contributed by atoms with van der Waals surface area (Å²) in [6.45, 7) is 1.88. The van der Waals surface area contributed by atoms with E-state index in [-0.39, 0.29) is 3.41 Å². The number of furan rings is 1. The summed E-state index contributed by atoms with van der Waals surface area (Å²) in [5, 5.41) is 10.3. The molecule has 2 nitrogen and oxygen atoms in total. The van der Waals surface area contributed by atoms with Crippen molar-refractivity contribution in [1.82, 2.24) is 0 Å². The Labute approximate surface area is 104 Å². The van der Waals surface area contributed by atoms with Gasteiger partial charge in [-0.1, -0.05) is 0 Å². The van der Waals surface area contributed by atoms with E-state index in [1.54, 1.807) is 35.3 Å². The van der Waals surface area contributed by atoms with Gasteiger partial charge in [0, 0.05) is 0 Å². The first-order valence-corrected chi connectivity index (χ1v) is 8.17. The zero-order valence-corrected chi connectivity index (χ0v) is 11.8. The predicted molar refractivity (Wildman–Crippen MR) is 71.7 cm³/mol. The van der Waals surface area contributed by atoms with Crippen LogP contribution in [0.15, 0.2) is 16.5 Å². The number of aliphatic hydroxyl groups is 1. The lowest BCUT2D eigenvalue weighted by Gasteiger charge is -2.31. The molecule has 0 saturated carbocycles. The van der Waals surface area contributed by atoms with Crippen LogP contribution >= 0.6 is 35.3 Å². The van der Waals surface area contributed by atoms with Gasteiger partial charge in [-0.2, -0.15) is 0 Å². The maximum absolute atomic E-state index is 10.3. The first kappa shape index (κ1) is 13.4. The Balaban J connectivity index is 2.94. The Morgan fingerprint density at radius 1 is 1.20 bits per heavy atom. The molecule has 1 unspecified atom stereocenters. The quantitative estimate of drug-likeness (QED) is 0.825. The lowest BCUT2D eigenvalue weighted by Crippen LogP contribution is -2.24. The first-order valence-electron chi connectivity index (χ1n) is 4.49. The summed E-state index contributed by atoms with van der Waals surface area (Å²) in [4.78, 5) is 0. The highest BCUT2D eigenvalue weighted by Gasteiger charge is 2.38. The molecule has 15 heavy (non-hydrogen) atoms. The molecular weight excluding hydrogens is 248 g/mol. The van der Waals surface area contributed by atoms with Gasteiger partial charge in [-0.3, -0.25) is 0 Å². The summed E-state index contributed by atoms with van der Waals surface area (Å²) in [7, 11) is 0. The van der Waals surface area contributed by atoms with Crippen molar-refractivity contribution in [3.63, 3.8) is 0 Å². The van der Waals surface area contributed by atoms with Gasteiger partial charge in [0.25, 0.3) is 0 Å². The monoisotopic (exact) mass is 264 g/mol. The van der Waals surface area contributed by atoms with Crippen molar-refractivity contribution in [1.29, 1.82) is 0 Å². The topological polar surface area (TPSA) is 33.4 Å². The van der Waals surface area contributed by atoms with Gasteiger partial charge in [-0.25, -0.2) is 0 Å². The predicted octanol–water partition coefficient (Wildman–Crippen LogP) is 3.36. The van der Waals surface area contributed by atoms with Crippen LogP contribution in [0.2, 0.25) is 0 Å². The van der Waals surface area contributed by atoms with E-state index in [0.29, 0.717) is 5.76 Å². The van der Waals surface area contributed by atoms with Crippen molar-refractivity contribution in [3.05, 3.63) is 23.7 Å². The van der Waals surface area contributed by atoms with Crippen molar-refractivity contribution >= 4 is 35.3 Å². The number of rotatable bonds is 5. The van der Waals surface area contributed by atoms with Crippen LogP contribution in [-0.2, 0) is 0 Å². The second-order valence-corrected chi connectivity index (χ2v) is 7.00. The van der Waals surface area contributed by atoms with Gasteiger partial charge in [-0.15, -0.1) is 35.3 Å². The smallest absolute Gasteiger partial charge is 0.145 e. The fourth-order valence-corrected chi connectivity index (χ4v) is 4.38. The number of thioether (sulfide) groups is 3. The summed E-state index contributed by atoms with van der Waals surface area (Å²) in [5.74, 6) is 1.48. The van der Waals surface area contributed by atoms with Gasteiger partial charge < -0.3 is 9.52 Å². The minimum atomic E-state index is -0.591. The van der Waals surface area contributed by atoms with Gasteiger partial charge in [0.1, 0.15) is 21.0 Å². The average Bonchev–Trinajstić information content (AvgIpc) is 2.68. The molecule has 1 rings (SSSR count). The molecule has 0 aliphatic heterocycles. The Kier molecular flexibility index (Phi) is 4.96. The highest BCUT2D eigenvalue weighted by molar-refractivity contribution is 8.33. The summed E-state index contributed by atoms with van der Waals surface area (Å²) in [5.41, 5.74) is 0.